The third-order valence-corrected chi connectivity index (χ3v) is 5.87. The van der Waals surface area contributed by atoms with E-state index in [0.29, 0.717) is 5.75 Å². The molecule has 176 valence electrons. The van der Waals surface area contributed by atoms with E-state index in [0.717, 1.165) is 19.1 Å². The Labute approximate surface area is 187 Å². The largest absolute Gasteiger partial charge is 0.495 e. The summed E-state index contributed by atoms with van der Waals surface area (Å²) in [6, 6.07) is 5.67. The Balaban J connectivity index is 1.64. The van der Waals surface area contributed by atoms with Crippen LogP contribution in [0, 0.1) is 11.7 Å². The number of benzene rings is 1. The van der Waals surface area contributed by atoms with Crippen LogP contribution in [0.2, 0.25) is 0 Å². The summed E-state index contributed by atoms with van der Waals surface area (Å²) in [6.45, 7) is 1.16. The number of nitrogens with one attached hydrogen (secondary N) is 1. The molecule has 1 aromatic heterocycles. The van der Waals surface area contributed by atoms with Crippen LogP contribution in [-0.4, -0.2) is 42.2 Å². The second-order valence-corrected chi connectivity index (χ2v) is 8.22. The van der Waals surface area contributed by atoms with Crippen molar-refractivity contribution in [3.63, 3.8) is 0 Å². The van der Waals surface area contributed by atoms with Crippen molar-refractivity contribution in [3.8, 4) is 5.75 Å². The summed E-state index contributed by atoms with van der Waals surface area (Å²) >= 11 is 0. The molecule has 7 nitrogen and oxygen atoms in total. The van der Waals surface area contributed by atoms with E-state index in [1.807, 2.05) is 0 Å². The molecule has 1 fully saturated rings. The predicted octanol–water partition coefficient (Wildman–Crippen LogP) is 3.79. The lowest BCUT2D eigenvalue weighted by molar-refractivity contribution is -0.161. The van der Waals surface area contributed by atoms with Crippen LogP contribution in [-0.2, 0) is 10.3 Å². The summed E-state index contributed by atoms with van der Waals surface area (Å²) in [7, 11) is 1.45. The first-order valence-electron chi connectivity index (χ1n) is 10.2. The molecule has 1 amide bonds. The van der Waals surface area contributed by atoms with Crippen molar-refractivity contribution in [1.82, 2.24) is 4.98 Å². The van der Waals surface area contributed by atoms with E-state index in [1.165, 1.54) is 31.5 Å². The molecule has 2 aromatic rings. The van der Waals surface area contributed by atoms with Gasteiger partial charge < -0.3 is 20.5 Å². The number of hydrogen-bond acceptors (Lipinski definition) is 6. The van der Waals surface area contributed by atoms with Crippen LogP contribution < -0.4 is 15.8 Å². The van der Waals surface area contributed by atoms with Crippen molar-refractivity contribution < 1.29 is 31.8 Å². The van der Waals surface area contributed by atoms with Gasteiger partial charge in [0.05, 0.1) is 13.3 Å². The number of amides is 1. The fourth-order valence-electron chi connectivity index (χ4n) is 3.81. The molecule has 0 bridgehead atoms. The quantitative estimate of drug-likeness (QED) is 0.632. The Morgan fingerprint density at radius 3 is 2.64 bits per heavy atom. The Kier molecular flexibility index (Phi) is 5.67. The molecule has 3 N–H and O–H groups in total. The molecule has 3 atom stereocenters. The van der Waals surface area contributed by atoms with Crippen LogP contribution in [0.25, 0.3) is 0 Å². The van der Waals surface area contributed by atoms with Gasteiger partial charge in [-0.15, -0.1) is 0 Å². The lowest BCUT2D eigenvalue weighted by Gasteiger charge is -2.41. The van der Waals surface area contributed by atoms with Gasteiger partial charge in [-0.25, -0.2) is 27.5 Å². The van der Waals surface area contributed by atoms with Crippen LogP contribution in [0.4, 0.5) is 23.2 Å². The zero-order valence-electron chi connectivity index (χ0n) is 17.8. The van der Waals surface area contributed by atoms with Gasteiger partial charge in [0.15, 0.2) is 12.3 Å². The number of carbonyl (C=O) groups is 1. The number of amidine groups is 1. The molecule has 1 aliphatic heterocycles. The molecule has 2 aliphatic rings. The summed E-state index contributed by atoms with van der Waals surface area (Å²) in [6.07, 6.45) is -2.79. The molecule has 0 unspecified atom stereocenters. The van der Waals surface area contributed by atoms with Crippen LogP contribution in [0.15, 0.2) is 41.5 Å². The van der Waals surface area contributed by atoms with Gasteiger partial charge in [-0.3, -0.25) is 4.79 Å². The zero-order valence-corrected chi connectivity index (χ0v) is 17.8. The molecule has 1 aliphatic carbocycles. The lowest BCUT2D eigenvalue weighted by atomic mass is 9.81. The van der Waals surface area contributed by atoms with Crippen molar-refractivity contribution in [2.45, 2.75) is 43.5 Å². The Bertz CT molecular complexity index is 1090. The maximum atomic E-state index is 15.5. The highest BCUT2D eigenvalue weighted by Gasteiger charge is 2.62. The molecular weight excluding hydrogens is 444 g/mol. The number of aliphatic imine (C=N–C) groups is 1. The first-order chi connectivity index (χ1) is 15.6. The number of carbonyl (C=O) groups excluding carboxylic acids is 1. The standard InChI is InChI=1S/C22H22F4N4O3/c1-21(17(24)18(33-20(27)30-21)22(25,26)11-3-4-11)14-9-12(5-7-15(14)23)29-19(31)16-8-6-13(32-2)10-28-16/h5-11,17-18H,3-4H2,1-2H3,(H2,27,30)(H,29,31)/t17-,18-,21+/m0/s1. The van der Waals surface area contributed by atoms with E-state index in [2.05, 4.69) is 15.3 Å². The monoisotopic (exact) mass is 466 g/mol. The van der Waals surface area contributed by atoms with Crippen molar-refractivity contribution in [2.75, 3.05) is 12.4 Å². The Hall–Kier alpha value is -3.37. The van der Waals surface area contributed by atoms with Gasteiger partial charge in [0.2, 0.25) is 0 Å². The van der Waals surface area contributed by atoms with E-state index < -0.39 is 47.4 Å². The topological polar surface area (TPSA) is 98.8 Å². The number of halogens is 4. The van der Waals surface area contributed by atoms with Gasteiger partial charge >= 0.3 is 0 Å². The second kappa shape index (κ2) is 8.20. The minimum atomic E-state index is -3.50. The van der Waals surface area contributed by atoms with Gasteiger partial charge in [0.1, 0.15) is 22.8 Å². The first-order valence-corrected chi connectivity index (χ1v) is 10.2. The number of aromatic nitrogens is 1. The number of alkyl halides is 3. The van der Waals surface area contributed by atoms with Crippen LogP contribution in [0.1, 0.15) is 35.8 Å². The number of pyridine rings is 1. The molecule has 1 saturated carbocycles. The highest BCUT2D eigenvalue weighted by atomic mass is 19.3. The number of nitrogens with two attached hydrogens (primary N) is 1. The number of methoxy groups -OCH3 is 1. The van der Waals surface area contributed by atoms with Gasteiger partial charge in [-0.2, -0.15) is 0 Å². The normalized spacial score (nSPS) is 25.1. The molecule has 33 heavy (non-hydrogen) atoms. The third kappa shape index (κ3) is 4.19. The first kappa shape index (κ1) is 22.8. The van der Waals surface area contributed by atoms with Crippen LogP contribution in [0.3, 0.4) is 0 Å². The smallest absolute Gasteiger partial charge is 0.290 e. The van der Waals surface area contributed by atoms with Crippen molar-refractivity contribution >= 4 is 17.6 Å². The predicted molar refractivity (Wildman–Crippen MR) is 112 cm³/mol. The molecule has 2 heterocycles. The molecule has 11 heteroatoms. The fraction of sp³-hybridized carbons (Fsp3) is 0.409. The van der Waals surface area contributed by atoms with Crippen LogP contribution in [0.5, 0.6) is 5.75 Å². The number of anilines is 1. The number of rotatable bonds is 6. The maximum absolute atomic E-state index is 15.5. The van der Waals surface area contributed by atoms with E-state index >= 15 is 4.39 Å². The van der Waals surface area contributed by atoms with Crippen molar-refractivity contribution in [1.29, 1.82) is 0 Å². The SMILES string of the molecule is COc1ccc(C(=O)Nc2ccc(F)c([C@@]3(C)N=C(N)O[C@H](C(F)(F)C4CC4)[C@@H]3F)c2)nc1. The second-order valence-electron chi connectivity index (χ2n) is 8.22. The fourth-order valence-corrected chi connectivity index (χ4v) is 3.81. The number of hydrogen-bond donors (Lipinski definition) is 2. The average Bonchev–Trinajstić information content (AvgIpc) is 3.63. The molecule has 0 saturated heterocycles. The van der Waals surface area contributed by atoms with Crippen molar-refractivity contribution in [2.24, 2.45) is 16.6 Å². The summed E-state index contributed by atoms with van der Waals surface area (Å²) < 4.78 is 69.6. The molecule has 0 radical (unpaired) electrons. The summed E-state index contributed by atoms with van der Waals surface area (Å²) in [5.74, 6) is -5.59. The Morgan fingerprint density at radius 1 is 1.30 bits per heavy atom. The lowest BCUT2D eigenvalue weighted by Crippen LogP contribution is -2.57. The van der Waals surface area contributed by atoms with Gasteiger partial charge in [0.25, 0.3) is 17.9 Å². The molecular formula is C22H22F4N4O3. The molecule has 0 spiro atoms. The Morgan fingerprint density at radius 2 is 2.03 bits per heavy atom. The van der Waals surface area contributed by atoms with Crippen LogP contribution >= 0.6 is 0 Å². The van der Waals surface area contributed by atoms with Crippen molar-refractivity contribution in [3.05, 3.63) is 53.6 Å². The van der Waals surface area contributed by atoms with Gasteiger partial charge in [-0.1, -0.05) is 0 Å². The highest BCUT2D eigenvalue weighted by Crippen LogP contribution is 2.51. The van der Waals surface area contributed by atoms with Gasteiger partial charge in [-0.05, 0) is 50.1 Å². The van der Waals surface area contributed by atoms with E-state index in [1.54, 1.807) is 0 Å². The third-order valence-electron chi connectivity index (χ3n) is 5.87. The van der Waals surface area contributed by atoms with Gasteiger partial charge in [0, 0.05) is 17.2 Å². The number of nitrogens with zero attached hydrogens (tertiary/aromatic N) is 2. The minimum Gasteiger partial charge on any atom is -0.495 e. The zero-order chi connectivity index (χ0) is 24.0. The minimum absolute atomic E-state index is 0.0497. The summed E-state index contributed by atoms with van der Waals surface area (Å²) in [5.41, 5.74) is 3.29. The summed E-state index contributed by atoms with van der Waals surface area (Å²) in [5, 5.41) is 2.52. The summed E-state index contributed by atoms with van der Waals surface area (Å²) in [4.78, 5) is 20.3. The van der Waals surface area contributed by atoms with E-state index in [9.17, 15) is 18.0 Å². The molecule has 4 rings (SSSR count). The number of ether oxygens (including phenoxy) is 2. The van der Waals surface area contributed by atoms with E-state index in [4.69, 9.17) is 15.2 Å². The molecule has 1 aromatic carbocycles. The van der Waals surface area contributed by atoms with E-state index in [-0.39, 0.29) is 29.8 Å². The highest BCUT2D eigenvalue weighted by molar-refractivity contribution is 6.02. The average molecular weight is 466 g/mol. The maximum Gasteiger partial charge on any atom is 0.290 e.